The van der Waals surface area contributed by atoms with Gasteiger partial charge in [-0.15, -0.1) is 0 Å². The summed E-state index contributed by atoms with van der Waals surface area (Å²) < 4.78 is 15.4. The van der Waals surface area contributed by atoms with E-state index in [1.807, 2.05) is 36.4 Å². The molecule has 1 amide bonds. The molecule has 5 aromatic rings. The first kappa shape index (κ1) is 20.4. The average Bonchev–Trinajstić information content (AvgIpc) is 3.25. The highest BCUT2D eigenvalue weighted by Crippen LogP contribution is 2.25. The number of fused-ring (bicyclic) bond motifs is 1. The molecule has 0 atom stereocenters. The number of rotatable bonds is 6. The van der Waals surface area contributed by atoms with Crippen LogP contribution in [-0.4, -0.2) is 30.9 Å². The molecule has 1 N–H and O–H groups in total. The summed E-state index contributed by atoms with van der Waals surface area (Å²) in [6.45, 7) is 0.571. The Morgan fingerprint density at radius 3 is 2.67 bits per heavy atom. The van der Waals surface area contributed by atoms with Crippen LogP contribution in [0.4, 0.5) is 4.39 Å². The summed E-state index contributed by atoms with van der Waals surface area (Å²) in [5.74, 6) is -0.582. The van der Waals surface area contributed by atoms with Crippen LogP contribution in [0.3, 0.4) is 0 Å². The Hall–Kier alpha value is -4.46. The SMILES string of the molecule is O=C(NCc1cccnn1)c1cc(-c2ccccc2)nc2c1cnn2Cc1cccc(F)c1. The number of nitrogens with one attached hydrogen (secondary N) is 1. The molecule has 0 aliphatic carbocycles. The van der Waals surface area contributed by atoms with Crippen molar-refractivity contribution < 1.29 is 9.18 Å². The molecule has 162 valence electrons. The predicted molar refractivity (Wildman–Crippen MR) is 122 cm³/mol. The van der Waals surface area contributed by atoms with E-state index in [1.54, 1.807) is 41.3 Å². The average molecular weight is 438 g/mol. The second kappa shape index (κ2) is 8.96. The van der Waals surface area contributed by atoms with Crippen LogP contribution in [0.25, 0.3) is 22.3 Å². The summed E-state index contributed by atoms with van der Waals surface area (Å²) in [5.41, 5.74) is 3.93. The smallest absolute Gasteiger partial charge is 0.252 e. The van der Waals surface area contributed by atoms with Crippen molar-refractivity contribution in [1.82, 2.24) is 30.3 Å². The Bertz CT molecular complexity index is 1420. The Labute approximate surface area is 188 Å². The maximum atomic E-state index is 13.7. The van der Waals surface area contributed by atoms with E-state index in [4.69, 9.17) is 4.98 Å². The fraction of sp³-hybridized carbons (Fsp3) is 0.0800. The molecule has 5 rings (SSSR count). The van der Waals surface area contributed by atoms with Crippen LogP contribution in [0.15, 0.2) is 85.2 Å². The second-order valence-electron chi connectivity index (χ2n) is 7.49. The fourth-order valence-corrected chi connectivity index (χ4v) is 3.61. The normalized spacial score (nSPS) is 10.9. The van der Waals surface area contributed by atoms with Gasteiger partial charge in [0.1, 0.15) is 5.82 Å². The molecule has 0 radical (unpaired) electrons. The van der Waals surface area contributed by atoms with Gasteiger partial charge in [-0.3, -0.25) is 4.79 Å². The second-order valence-corrected chi connectivity index (χ2v) is 7.49. The van der Waals surface area contributed by atoms with Crippen molar-refractivity contribution in [2.45, 2.75) is 13.1 Å². The Morgan fingerprint density at radius 1 is 1.00 bits per heavy atom. The van der Waals surface area contributed by atoms with Crippen LogP contribution >= 0.6 is 0 Å². The number of pyridine rings is 1. The lowest BCUT2D eigenvalue weighted by molar-refractivity contribution is 0.0952. The van der Waals surface area contributed by atoms with Gasteiger partial charge >= 0.3 is 0 Å². The molecule has 33 heavy (non-hydrogen) atoms. The minimum atomic E-state index is -0.314. The number of halogens is 1. The standard InChI is InChI=1S/C25H19FN6O/c26-19-9-4-6-17(12-19)16-32-24-22(15-29-32)21(13-23(30-24)18-7-2-1-3-8-18)25(33)27-14-20-10-5-11-28-31-20/h1-13,15H,14,16H2,(H,27,33). The van der Waals surface area contributed by atoms with Crippen LogP contribution in [0.1, 0.15) is 21.6 Å². The maximum absolute atomic E-state index is 13.7. The van der Waals surface area contributed by atoms with Crippen molar-refractivity contribution in [2.24, 2.45) is 0 Å². The molecule has 7 nitrogen and oxygen atoms in total. The van der Waals surface area contributed by atoms with Gasteiger partial charge in [0.15, 0.2) is 5.65 Å². The lowest BCUT2D eigenvalue weighted by Crippen LogP contribution is -2.24. The van der Waals surface area contributed by atoms with Gasteiger partial charge in [0.25, 0.3) is 5.91 Å². The highest BCUT2D eigenvalue weighted by molar-refractivity contribution is 6.06. The summed E-state index contributed by atoms with van der Waals surface area (Å²) >= 11 is 0. The molecule has 0 saturated carbocycles. The van der Waals surface area contributed by atoms with Crippen molar-refractivity contribution >= 4 is 16.9 Å². The van der Waals surface area contributed by atoms with E-state index in [0.717, 1.165) is 11.1 Å². The van der Waals surface area contributed by atoms with Crippen molar-refractivity contribution in [3.8, 4) is 11.3 Å². The van der Waals surface area contributed by atoms with Gasteiger partial charge in [-0.1, -0.05) is 42.5 Å². The lowest BCUT2D eigenvalue weighted by atomic mass is 10.1. The van der Waals surface area contributed by atoms with Crippen LogP contribution < -0.4 is 5.32 Å². The van der Waals surface area contributed by atoms with Gasteiger partial charge < -0.3 is 5.32 Å². The van der Waals surface area contributed by atoms with Crippen LogP contribution in [0.2, 0.25) is 0 Å². The van der Waals surface area contributed by atoms with Gasteiger partial charge in [-0.25, -0.2) is 14.1 Å². The zero-order chi connectivity index (χ0) is 22.6. The quantitative estimate of drug-likeness (QED) is 0.433. The van der Waals surface area contributed by atoms with E-state index in [-0.39, 0.29) is 18.3 Å². The van der Waals surface area contributed by atoms with Crippen LogP contribution in [-0.2, 0) is 13.1 Å². The molecular formula is C25H19FN6O. The van der Waals surface area contributed by atoms with Gasteiger partial charge in [0.05, 0.1) is 41.6 Å². The third-order valence-electron chi connectivity index (χ3n) is 5.20. The molecule has 3 heterocycles. The Balaban J connectivity index is 1.55. The molecule has 2 aromatic carbocycles. The van der Waals surface area contributed by atoms with Crippen molar-refractivity contribution in [3.05, 3.63) is 108 Å². The van der Waals surface area contributed by atoms with Crippen LogP contribution in [0, 0.1) is 5.82 Å². The molecular weight excluding hydrogens is 419 g/mol. The summed E-state index contributed by atoms with van der Waals surface area (Å²) in [6, 6.07) is 21.3. The highest BCUT2D eigenvalue weighted by Gasteiger charge is 2.18. The van der Waals surface area contributed by atoms with Gasteiger partial charge in [-0.2, -0.15) is 15.3 Å². The Morgan fingerprint density at radius 2 is 1.88 bits per heavy atom. The summed E-state index contributed by atoms with van der Waals surface area (Å²) in [7, 11) is 0. The minimum absolute atomic E-state index is 0.245. The molecule has 0 spiro atoms. The number of amides is 1. The number of carbonyl (C=O) groups excluding carboxylic acids is 1. The topological polar surface area (TPSA) is 85.6 Å². The molecule has 0 aliphatic rings. The van der Waals surface area contributed by atoms with E-state index in [9.17, 15) is 9.18 Å². The molecule has 0 fully saturated rings. The van der Waals surface area contributed by atoms with E-state index >= 15 is 0 Å². The molecule has 0 saturated heterocycles. The summed E-state index contributed by atoms with van der Waals surface area (Å²) in [5, 5.41) is 15.8. The minimum Gasteiger partial charge on any atom is -0.346 e. The van der Waals surface area contributed by atoms with E-state index in [0.29, 0.717) is 34.5 Å². The number of benzene rings is 2. The van der Waals surface area contributed by atoms with Gasteiger partial charge in [0, 0.05) is 11.8 Å². The monoisotopic (exact) mass is 438 g/mol. The molecule has 0 unspecified atom stereocenters. The van der Waals surface area contributed by atoms with E-state index < -0.39 is 0 Å². The van der Waals surface area contributed by atoms with E-state index in [2.05, 4.69) is 20.6 Å². The summed E-state index contributed by atoms with van der Waals surface area (Å²) in [4.78, 5) is 17.9. The molecule has 0 bridgehead atoms. The highest BCUT2D eigenvalue weighted by atomic mass is 19.1. The van der Waals surface area contributed by atoms with Gasteiger partial charge in [-0.05, 0) is 35.9 Å². The molecule has 8 heteroatoms. The summed E-state index contributed by atoms with van der Waals surface area (Å²) in [6.07, 6.45) is 3.20. The number of hydrogen-bond acceptors (Lipinski definition) is 5. The van der Waals surface area contributed by atoms with Gasteiger partial charge in [0.2, 0.25) is 0 Å². The maximum Gasteiger partial charge on any atom is 0.252 e. The van der Waals surface area contributed by atoms with Crippen LogP contribution in [0.5, 0.6) is 0 Å². The number of aromatic nitrogens is 5. The lowest BCUT2D eigenvalue weighted by Gasteiger charge is -2.10. The zero-order valence-electron chi connectivity index (χ0n) is 17.5. The number of carbonyl (C=O) groups is 1. The number of hydrogen-bond donors (Lipinski definition) is 1. The van der Waals surface area contributed by atoms with E-state index in [1.165, 1.54) is 12.1 Å². The van der Waals surface area contributed by atoms with Crippen molar-refractivity contribution in [3.63, 3.8) is 0 Å². The molecule has 3 aromatic heterocycles. The third kappa shape index (κ3) is 4.45. The first-order valence-electron chi connectivity index (χ1n) is 10.4. The zero-order valence-corrected chi connectivity index (χ0v) is 17.5. The van der Waals surface area contributed by atoms with Crippen molar-refractivity contribution in [2.75, 3.05) is 0 Å². The largest absolute Gasteiger partial charge is 0.346 e. The molecule has 0 aliphatic heterocycles. The predicted octanol–water partition coefficient (Wildman–Crippen LogP) is 4.01. The number of nitrogens with zero attached hydrogens (tertiary/aromatic N) is 5. The Kier molecular flexibility index (Phi) is 5.55. The third-order valence-corrected chi connectivity index (χ3v) is 5.20. The van der Waals surface area contributed by atoms with Crippen molar-refractivity contribution in [1.29, 1.82) is 0 Å². The first-order chi connectivity index (χ1) is 16.2. The first-order valence-corrected chi connectivity index (χ1v) is 10.4. The fourth-order valence-electron chi connectivity index (χ4n) is 3.61.